The van der Waals surface area contributed by atoms with Crippen molar-refractivity contribution in [2.24, 2.45) is 0 Å². The van der Waals surface area contributed by atoms with Crippen LogP contribution in [0.3, 0.4) is 0 Å². The maximum Gasteiger partial charge on any atom is 0.273 e. The van der Waals surface area contributed by atoms with Crippen molar-refractivity contribution in [2.75, 3.05) is 11.9 Å². The molecule has 1 aliphatic rings. The molecule has 0 saturated heterocycles. The SMILES string of the molecule is CN1C(=O)c2ccc([N+](=O)[O-])cc2Oc2ccccc21. The Balaban J connectivity index is 2.20. The molecule has 1 amide bonds. The zero-order valence-electron chi connectivity index (χ0n) is 10.6. The molecule has 0 spiro atoms. The van der Waals surface area contributed by atoms with Crippen molar-refractivity contribution in [3.05, 3.63) is 58.1 Å². The molecule has 2 aromatic rings. The van der Waals surface area contributed by atoms with E-state index in [4.69, 9.17) is 4.74 Å². The Bertz CT molecular complexity index is 727. The molecule has 0 unspecified atom stereocenters. The predicted octanol–water partition coefficient (Wildman–Crippen LogP) is 2.98. The molecule has 0 saturated carbocycles. The second-order valence-corrected chi connectivity index (χ2v) is 4.37. The van der Waals surface area contributed by atoms with Gasteiger partial charge in [0.05, 0.1) is 22.2 Å². The van der Waals surface area contributed by atoms with E-state index in [1.54, 1.807) is 31.3 Å². The number of non-ortho nitro benzene ring substituents is 1. The van der Waals surface area contributed by atoms with Crippen LogP contribution in [0.4, 0.5) is 11.4 Å². The standard InChI is InChI=1S/C14H10N2O4/c1-15-11-4-2-3-5-12(11)20-13-8-9(16(18)19)6-7-10(13)14(15)17/h2-8H,1H3. The van der Waals surface area contributed by atoms with Crippen molar-refractivity contribution in [1.29, 1.82) is 0 Å². The number of benzene rings is 2. The highest BCUT2D eigenvalue weighted by Gasteiger charge is 2.26. The summed E-state index contributed by atoms with van der Waals surface area (Å²) in [5.41, 5.74) is 0.809. The van der Waals surface area contributed by atoms with Crippen molar-refractivity contribution in [3.63, 3.8) is 0 Å². The van der Waals surface area contributed by atoms with Gasteiger partial charge in [0.25, 0.3) is 11.6 Å². The summed E-state index contributed by atoms with van der Waals surface area (Å²) in [5, 5.41) is 10.8. The molecule has 0 atom stereocenters. The molecule has 0 N–H and O–H groups in total. The first-order chi connectivity index (χ1) is 9.58. The third kappa shape index (κ3) is 1.78. The number of ether oxygens (including phenoxy) is 1. The number of para-hydroxylation sites is 2. The number of hydrogen-bond acceptors (Lipinski definition) is 4. The van der Waals surface area contributed by atoms with Gasteiger partial charge in [-0.05, 0) is 18.2 Å². The van der Waals surface area contributed by atoms with E-state index < -0.39 is 4.92 Å². The van der Waals surface area contributed by atoms with E-state index in [2.05, 4.69) is 0 Å². The molecule has 1 heterocycles. The molecular formula is C14H10N2O4. The van der Waals surface area contributed by atoms with Gasteiger partial charge in [0.2, 0.25) is 0 Å². The van der Waals surface area contributed by atoms with Gasteiger partial charge < -0.3 is 9.64 Å². The van der Waals surface area contributed by atoms with Crippen molar-refractivity contribution >= 4 is 17.3 Å². The van der Waals surface area contributed by atoms with Gasteiger partial charge in [-0.2, -0.15) is 0 Å². The third-order valence-corrected chi connectivity index (χ3v) is 3.16. The third-order valence-electron chi connectivity index (χ3n) is 3.16. The first-order valence-corrected chi connectivity index (χ1v) is 5.91. The van der Waals surface area contributed by atoms with Crippen molar-refractivity contribution in [3.8, 4) is 11.5 Å². The fourth-order valence-corrected chi connectivity index (χ4v) is 2.11. The van der Waals surface area contributed by atoms with Gasteiger partial charge in [0.1, 0.15) is 5.75 Å². The van der Waals surface area contributed by atoms with Gasteiger partial charge in [0.15, 0.2) is 5.75 Å². The number of amides is 1. The fraction of sp³-hybridized carbons (Fsp3) is 0.0714. The number of carbonyl (C=O) groups is 1. The molecule has 100 valence electrons. The number of rotatable bonds is 1. The van der Waals surface area contributed by atoms with Crippen LogP contribution in [0.25, 0.3) is 0 Å². The van der Waals surface area contributed by atoms with Crippen LogP contribution in [0.1, 0.15) is 10.4 Å². The molecule has 0 fully saturated rings. The molecule has 0 bridgehead atoms. The largest absolute Gasteiger partial charge is 0.454 e. The summed E-state index contributed by atoms with van der Waals surface area (Å²) < 4.78 is 5.67. The van der Waals surface area contributed by atoms with E-state index in [9.17, 15) is 14.9 Å². The minimum absolute atomic E-state index is 0.112. The Morgan fingerprint density at radius 3 is 2.65 bits per heavy atom. The molecule has 2 aromatic carbocycles. The summed E-state index contributed by atoms with van der Waals surface area (Å²) in [5.74, 6) is 0.420. The van der Waals surface area contributed by atoms with Crippen molar-refractivity contribution in [2.45, 2.75) is 0 Å². The number of anilines is 1. The molecule has 0 aliphatic carbocycles. The van der Waals surface area contributed by atoms with E-state index >= 15 is 0 Å². The Morgan fingerprint density at radius 1 is 1.15 bits per heavy atom. The van der Waals surface area contributed by atoms with Crippen LogP contribution in [-0.2, 0) is 0 Å². The summed E-state index contributed by atoms with van der Waals surface area (Å²) in [7, 11) is 1.64. The molecule has 3 rings (SSSR count). The molecule has 0 aromatic heterocycles. The Morgan fingerprint density at radius 2 is 1.90 bits per heavy atom. The average molecular weight is 270 g/mol. The van der Waals surface area contributed by atoms with Crippen LogP contribution in [0, 0.1) is 10.1 Å². The van der Waals surface area contributed by atoms with Crippen LogP contribution in [0.2, 0.25) is 0 Å². The zero-order valence-corrected chi connectivity index (χ0v) is 10.6. The average Bonchev–Trinajstić information content (AvgIpc) is 2.55. The van der Waals surface area contributed by atoms with E-state index in [-0.39, 0.29) is 17.3 Å². The molecule has 20 heavy (non-hydrogen) atoms. The van der Waals surface area contributed by atoms with Gasteiger partial charge in [-0.3, -0.25) is 14.9 Å². The van der Waals surface area contributed by atoms with Gasteiger partial charge >= 0.3 is 0 Å². The van der Waals surface area contributed by atoms with Crippen molar-refractivity contribution < 1.29 is 14.5 Å². The normalized spacial score (nSPS) is 13.1. The molecular weight excluding hydrogens is 260 g/mol. The maximum atomic E-state index is 12.4. The van der Waals surface area contributed by atoms with Crippen LogP contribution < -0.4 is 9.64 Å². The summed E-state index contributed by atoms with van der Waals surface area (Å²) in [6.07, 6.45) is 0. The highest BCUT2D eigenvalue weighted by Crippen LogP contribution is 2.39. The number of nitrogens with zero attached hydrogens (tertiary/aromatic N) is 2. The number of carbonyl (C=O) groups excluding carboxylic acids is 1. The Labute approximate surface area is 114 Å². The molecule has 6 nitrogen and oxygen atoms in total. The first-order valence-electron chi connectivity index (χ1n) is 5.91. The van der Waals surface area contributed by atoms with Gasteiger partial charge in [-0.25, -0.2) is 0 Å². The van der Waals surface area contributed by atoms with Crippen molar-refractivity contribution in [1.82, 2.24) is 0 Å². The van der Waals surface area contributed by atoms with Crippen LogP contribution in [0.15, 0.2) is 42.5 Å². The van der Waals surface area contributed by atoms with Crippen LogP contribution in [-0.4, -0.2) is 17.9 Å². The van der Waals surface area contributed by atoms with Crippen LogP contribution >= 0.6 is 0 Å². The Hall–Kier alpha value is -2.89. The summed E-state index contributed by atoms with van der Waals surface area (Å²) in [6.45, 7) is 0. The van der Waals surface area contributed by atoms with Gasteiger partial charge in [0, 0.05) is 13.1 Å². The lowest BCUT2D eigenvalue weighted by Crippen LogP contribution is -2.25. The maximum absolute atomic E-state index is 12.4. The van der Waals surface area contributed by atoms with Gasteiger partial charge in [-0.1, -0.05) is 12.1 Å². The molecule has 0 radical (unpaired) electrons. The lowest BCUT2D eigenvalue weighted by atomic mass is 10.1. The molecule has 6 heteroatoms. The monoisotopic (exact) mass is 270 g/mol. The highest BCUT2D eigenvalue weighted by molar-refractivity contribution is 6.09. The summed E-state index contributed by atoms with van der Waals surface area (Å²) in [4.78, 5) is 24.1. The smallest absolute Gasteiger partial charge is 0.273 e. The predicted molar refractivity (Wildman–Crippen MR) is 72.3 cm³/mol. The van der Waals surface area contributed by atoms with E-state index in [0.717, 1.165) is 0 Å². The number of nitro benzene ring substituents is 1. The summed E-state index contributed by atoms with van der Waals surface area (Å²) >= 11 is 0. The fourth-order valence-electron chi connectivity index (χ4n) is 2.11. The topological polar surface area (TPSA) is 72.7 Å². The molecule has 1 aliphatic heterocycles. The highest BCUT2D eigenvalue weighted by atomic mass is 16.6. The lowest BCUT2D eigenvalue weighted by Gasteiger charge is -2.15. The minimum Gasteiger partial charge on any atom is -0.454 e. The van der Waals surface area contributed by atoms with Crippen LogP contribution in [0.5, 0.6) is 11.5 Å². The number of nitro groups is 1. The lowest BCUT2D eigenvalue weighted by molar-refractivity contribution is -0.384. The van der Waals surface area contributed by atoms with E-state index in [1.165, 1.54) is 23.1 Å². The minimum atomic E-state index is -0.519. The Kier molecular flexibility index (Phi) is 2.64. The quantitative estimate of drug-likeness (QED) is 0.590. The number of hydrogen-bond donors (Lipinski definition) is 0. The zero-order chi connectivity index (χ0) is 14.3. The second kappa shape index (κ2) is 4.34. The summed E-state index contributed by atoms with van der Waals surface area (Å²) in [6, 6.07) is 11.0. The van der Waals surface area contributed by atoms with E-state index in [0.29, 0.717) is 17.0 Å². The first kappa shape index (κ1) is 12.2. The van der Waals surface area contributed by atoms with E-state index in [1.807, 2.05) is 0 Å². The second-order valence-electron chi connectivity index (χ2n) is 4.37. The van der Waals surface area contributed by atoms with Gasteiger partial charge in [-0.15, -0.1) is 0 Å². The number of fused-ring (bicyclic) bond motifs is 2.